The summed E-state index contributed by atoms with van der Waals surface area (Å²) in [4.78, 5) is 26.8. The van der Waals surface area contributed by atoms with E-state index in [0.29, 0.717) is 23.1 Å². The van der Waals surface area contributed by atoms with Crippen LogP contribution in [0.3, 0.4) is 0 Å². The number of hydrogen-bond acceptors (Lipinski definition) is 6. The van der Waals surface area contributed by atoms with Gasteiger partial charge in [-0.1, -0.05) is 97.9 Å². The van der Waals surface area contributed by atoms with E-state index >= 15 is 0 Å². The van der Waals surface area contributed by atoms with E-state index in [1.54, 1.807) is 65.8 Å². The average molecular weight is 528 g/mol. The smallest absolute Gasteiger partial charge is 0.852 e. The molecule has 1 aliphatic heterocycles. The van der Waals surface area contributed by atoms with Crippen LogP contribution in [0.5, 0.6) is 0 Å². The zero-order chi connectivity index (χ0) is 28.0. The van der Waals surface area contributed by atoms with Gasteiger partial charge in [-0.15, -0.1) is 18.3 Å². The molecule has 2 amide bonds. The summed E-state index contributed by atoms with van der Waals surface area (Å²) in [6, 6.07) is 15.4. The molecule has 7 nitrogen and oxygen atoms in total. The Morgan fingerprint density at radius 2 is 1.00 bits per heavy atom. The Morgan fingerprint density at radius 1 is 0.676 bits per heavy atom. The quantitative estimate of drug-likeness (QED) is 0.470. The third-order valence-corrected chi connectivity index (χ3v) is 4.38. The fourth-order valence-electron chi connectivity index (χ4n) is 3.24. The molecule has 1 N–H and O–H groups in total. The van der Waals surface area contributed by atoms with Gasteiger partial charge in [-0.05, 0) is 30.0 Å². The van der Waals surface area contributed by atoms with E-state index in [2.05, 4.69) is 0 Å². The SMILES string of the molecule is CC(C)CC(C(O)c1ccccc1)N1C(=O)c2ccccc2C1=O.CC(C)[O-].CC(C)[O-].CC(C)[O-].[Al+3]. The monoisotopic (exact) mass is 527 g/mol. The van der Waals surface area contributed by atoms with E-state index in [1.807, 2.05) is 44.2 Å². The molecule has 2 aromatic carbocycles. The molecule has 0 aliphatic carbocycles. The summed E-state index contributed by atoms with van der Waals surface area (Å²) in [5, 5.41) is 39.4. The van der Waals surface area contributed by atoms with Gasteiger partial charge < -0.3 is 20.4 Å². The number of rotatable bonds is 5. The summed E-state index contributed by atoms with van der Waals surface area (Å²) in [6.45, 7) is 13.7. The molecule has 0 radical (unpaired) electrons. The Labute approximate surface area is 233 Å². The summed E-state index contributed by atoms with van der Waals surface area (Å²) in [5.41, 5.74) is 1.53. The van der Waals surface area contributed by atoms with Crippen molar-refractivity contribution >= 4 is 29.2 Å². The van der Waals surface area contributed by atoms with E-state index in [1.165, 1.54) is 4.90 Å². The van der Waals surface area contributed by atoms with Crippen LogP contribution >= 0.6 is 0 Å². The molecule has 8 heteroatoms. The van der Waals surface area contributed by atoms with Crippen molar-refractivity contribution in [1.82, 2.24) is 4.90 Å². The van der Waals surface area contributed by atoms with Crippen LogP contribution in [0.25, 0.3) is 0 Å². The van der Waals surface area contributed by atoms with E-state index in [4.69, 9.17) is 0 Å². The molecule has 1 heterocycles. The third-order valence-electron chi connectivity index (χ3n) is 4.38. The number of nitrogens with zero attached hydrogens (tertiary/aromatic N) is 1. The predicted molar refractivity (Wildman–Crippen MR) is 143 cm³/mol. The molecule has 0 aromatic heterocycles. The van der Waals surface area contributed by atoms with E-state index < -0.39 is 30.5 Å². The van der Waals surface area contributed by atoms with E-state index in [-0.39, 0.29) is 35.1 Å². The fourth-order valence-corrected chi connectivity index (χ4v) is 3.24. The molecule has 202 valence electrons. The summed E-state index contributed by atoms with van der Waals surface area (Å²) in [7, 11) is 0. The summed E-state index contributed by atoms with van der Waals surface area (Å²) in [5.74, 6) is -0.412. The summed E-state index contributed by atoms with van der Waals surface area (Å²) < 4.78 is 0. The van der Waals surface area contributed by atoms with Gasteiger partial charge in [0.2, 0.25) is 0 Å². The van der Waals surface area contributed by atoms with Crippen LogP contribution in [0.2, 0.25) is 0 Å². The summed E-state index contributed by atoms with van der Waals surface area (Å²) >= 11 is 0. The average Bonchev–Trinajstić information content (AvgIpc) is 3.01. The third kappa shape index (κ3) is 14.5. The minimum atomic E-state index is -0.907. The molecular weight excluding hydrogens is 485 g/mol. The maximum atomic E-state index is 12.8. The van der Waals surface area contributed by atoms with Crippen LogP contribution in [-0.4, -0.2) is 63.5 Å². The van der Waals surface area contributed by atoms with Gasteiger partial charge in [0.1, 0.15) is 0 Å². The van der Waals surface area contributed by atoms with Crippen LogP contribution < -0.4 is 15.3 Å². The number of benzene rings is 2. The van der Waals surface area contributed by atoms with Crippen LogP contribution in [0.1, 0.15) is 94.2 Å². The van der Waals surface area contributed by atoms with Gasteiger partial charge in [0.15, 0.2) is 0 Å². The second kappa shape index (κ2) is 19.1. The Kier molecular flexibility index (Phi) is 19.1. The van der Waals surface area contributed by atoms with E-state index in [9.17, 15) is 30.0 Å². The van der Waals surface area contributed by atoms with Crippen LogP contribution in [0.15, 0.2) is 54.6 Å². The zero-order valence-electron chi connectivity index (χ0n) is 23.4. The molecule has 0 bridgehead atoms. The molecule has 2 atom stereocenters. The van der Waals surface area contributed by atoms with Gasteiger partial charge in [-0.2, -0.15) is 0 Å². The van der Waals surface area contributed by atoms with Crippen molar-refractivity contribution in [1.29, 1.82) is 0 Å². The topological polar surface area (TPSA) is 127 Å². The summed E-state index contributed by atoms with van der Waals surface area (Å²) in [6.07, 6.45) is -1.61. The zero-order valence-corrected chi connectivity index (χ0v) is 24.5. The first-order valence-electron chi connectivity index (χ1n) is 12.4. The first-order valence-corrected chi connectivity index (χ1v) is 12.4. The number of aliphatic hydroxyl groups is 1. The van der Waals surface area contributed by atoms with Crippen molar-refractivity contribution in [3.8, 4) is 0 Å². The molecule has 2 aromatic rings. The number of imide groups is 1. The molecule has 0 spiro atoms. The largest absolute Gasteiger partial charge is 3.00 e. The Hall–Kier alpha value is -2.05. The van der Waals surface area contributed by atoms with Crippen molar-refractivity contribution in [2.75, 3.05) is 0 Å². The fraction of sp³-hybridized carbons (Fsp3) is 0.517. The Balaban J connectivity index is 0. The van der Waals surface area contributed by atoms with Crippen LogP contribution in [-0.2, 0) is 0 Å². The van der Waals surface area contributed by atoms with Crippen molar-refractivity contribution in [2.45, 2.75) is 92.3 Å². The minimum Gasteiger partial charge on any atom is -0.852 e. The number of aliphatic hydroxyl groups excluding tert-OH is 1. The van der Waals surface area contributed by atoms with Crippen molar-refractivity contribution in [3.05, 3.63) is 71.3 Å². The molecule has 3 rings (SSSR count). The molecule has 2 unspecified atom stereocenters. The molecule has 1 aliphatic rings. The van der Waals surface area contributed by atoms with Gasteiger partial charge >= 0.3 is 17.4 Å². The van der Waals surface area contributed by atoms with Gasteiger partial charge in [-0.3, -0.25) is 14.5 Å². The molecule has 37 heavy (non-hydrogen) atoms. The normalized spacial score (nSPS) is 13.6. The van der Waals surface area contributed by atoms with E-state index in [0.717, 1.165) is 0 Å². The second-order valence-corrected chi connectivity index (χ2v) is 9.72. The van der Waals surface area contributed by atoms with Crippen molar-refractivity contribution in [3.63, 3.8) is 0 Å². The maximum Gasteiger partial charge on any atom is 3.00 e. The van der Waals surface area contributed by atoms with Gasteiger partial charge in [0.25, 0.3) is 11.8 Å². The van der Waals surface area contributed by atoms with Gasteiger partial charge in [0.05, 0.1) is 23.3 Å². The molecular formula is C29H42AlNO6. The first-order chi connectivity index (χ1) is 16.7. The Morgan fingerprint density at radius 3 is 1.32 bits per heavy atom. The number of amides is 2. The number of carbonyl (C=O) groups excluding carboxylic acids is 2. The van der Waals surface area contributed by atoms with Crippen molar-refractivity contribution < 1.29 is 30.0 Å². The van der Waals surface area contributed by atoms with Crippen molar-refractivity contribution in [2.24, 2.45) is 5.92 Å². The maximum absolute atomic E-state index is 12.8. The number of fused-ring (bicyclic) bond motifs is 1. The molecule has 0 fully saturated rings. The van der Waals surface area contributed by atoms with Crippen LogP contribution in [0, 0.1) is 5.92 Å². The molecule has 0 saturated heterocycles. The Bertz CT molecular complexity index is 845. The van der Waals surface area contributed by atoms with Crippen LogP contribution in [0.4, 0.5) is 0 Å². The number of carbonyl (C=O) groups is 2. The standard InChI is InChI=1S/C20H21NO3.3C3H7O.Al/c1-13(2)12-17(18(22)14-8-4-3-5-9-14)21-19(23)15-10-6-7-11-16(15)20(21)24;3*1-3(2)4;/h3-11,13,17-18,22H,12H2,1-2H3;3*3H,1-2H3;/q;3*-1;+3. The predicted octanol–water partition coefficient (Wildman–Crippen LogP) is 2.32. The minimum absolute atomic E-state index is 0. The second-order valence-electron chi connectivity index (χ2n) is 9.72. The molecule has 0 saturated carbocycles. The van der Waals surface area contributed by atoms with Gasteiger partial charge in [0, 0.05) is 0 Å². The van der Waals surface area contributed by atoms with Gasteiger partial charge in [-0.25, -0.2) is 0 Å². The first kappa shape index (κ1) is 37.1. The number of hydrogen-bond donors (Lipinski definition) is 1.